The lowest BCUT2D eigenvalue weighted by molar-refractivity contribution is 0.622. The number of hydrogen-bond donors (Lipinski definition) is 1. The molecule has 0 aliphatic heterocycles. The van der Waals surface area contributed by atoms with Crippen molar-refractivity contribution < 1.29 is 4.39 Å². The van der Waals surface area contributed by atoms with Crippen molar-refractivity contribution in [2.24, 2.45) is 0 Å². The number of anilines is 1. The van der Waals surface area contributed by atoms with E-state index in [1.807, 2.05) is 0 Å². The summed E-state index contributed by atoms with van der Waals surface area (Å²) >= 11 is 3.10. The van der Waals surface area contributed by atoms with Gasteiger partial charge in [-0.15, -0.1) is 0 Å². The highest BCUT2D eigenvalue weighted by Gasteiger charge is 2.00. The maximum atomic E-state index is 12.7. The molecule has 1 nitrogen and oxygen atoms in total. The summed E-state index contributed by atoms with van der Waals surface area (Å²) in [5, 5.41) is 2.85. The van der Waals surface area contributed by atoms with E-state index in [0.29, 0.717) is 4.47 Å². The molecule has 0 spiro atoms. The maximum Gasteiger partial charge on any atom is 0.139 e. The average molecular weight is 204 g/mol. The third-order valence-corrected chi connectivity index (χ3v) is 2.03. The molecule has 0 heterocycles. The SMILES string of the molecule is CNc1cccc(F)c1Br. The zero-order valence-electron chi connectivity index (χ0n) is 5.49. The van der Waals surface area contributed by atoms with E-state index in [9.17, 15) is 4.39 Å². The van der Waals surface area contributed by atoms with Crippen molar-refractivity contribution in [3.8, 4) is 0 Å². The van der Waals surface area contributed by atoms with Crippen LogP contribution >= 0.6 is 15.9 Å². The van der Waals surface area contributed by atoms with Crippen LogP contribution in [0, 0.1) is 5.82 Å². The first-order valence-electron chi connectivity index (χ1n) is 2.87. The molecule has 54 valence electrons. The van der Waals surface area contributed by atoms with E-state index in [-0.39, 0.29) is 5.82 Å². The molecule has 0 amide bonds. The molecule has 1 aromatic rings. The first-order chi connectivity index (χ1) is 4.75. The van der Waals surface area contributed by atoms with Crippen LogP contribution in [0.5, 0.6) is 0 Å². The minimum Gasteiger partial charge on any atom is -0.387 e. The number of benzene rings is 1. The lowest BCUT2D eigenvalue weighted by Gasteiger charge is -2.01. The van der Waals surface area contributed by atoms with Gasteiger partial charge in [0, 0.05) is 7.05 Å². The molecule has 0 atom stereocenters. The number of halogens is 2. The summed E-state index contributed by atoms with van der Waals surface area (Å²) in [6, 6.07) is 4.87. The van der Waals surface area contributed by atoms with Crippen molar-refractivity contribution >= 4 is 21.6 Å². The summed E-state index contributed by atoms with van der Waals surface area (Å²) in [5.74, 6) is -0.244. The molecule has 0 aliphatic carbocycles. The summed E-state index contributed by atoms with van der Waals surface area (Å²) in [6.45, 7) is 0. The fraction of sp³-hybridized carbons (Fsp3) is 0.143. The van der Waals surface area contributed by atoms with Crippen LogP contribution in [0.4, 0.5) is 10.1 Å². The Morgan fingerprint density at radius 1 is 1.50 bits per heavy atom. The van der Waals surface area contributed by atoms with Crippen LogP contribution in [0.25, 0.3) is 0 Å². The van der Waals surface area contributed by atoms with Gasteiger partial charge < -0.3 is 5.32 Å². The van der Waals surface area contributed by atoms with Gasteiger partial charge in [0.1, 0.15) is 5.82 Å². The maximum absolute atomic E-state index is 12.7. The van der Waals surface area contributed by atoms with Gasteiger partial charge >= 0.3 is 0 Å². The van der Waals surface area contributed by atoms with E-state index in [1.165, 1.54) is 6.07 Å². The van der Waals surface area contributed by atoms with Crippen LogP contribution in [0.1, 0.15) is 0 Å². The minimum absolute atomic E-state index is 0.244. The molecular formula is C7H7BrFN. The Kier molecular flexibility index (Phi) is 2.27. The average Bonchev–Trinajstić information content (AvgIpc) is 1.95. The summed E-state index contributed by atoms with van der Waals surface area (Å²) in [4.78, 5) is 0. The van der Waals surface area contributed by atoms with E-state index in [1.54, 1.807) is 19.2 Å². The summed E-state index contributed by atoms with van der Waals surface area (Å²) in [6.07, 6.45) is 0. The van der Waals surface area contributed by atoms with Crippen LogP contribution in [0.2, 0.25) is 0 Å². The van der Waals surface area contributed by atoms with Crippen molar-refractivity contribution in [2.45, 2.75) is 0 Å². The largest absolute Gasteiger partial charge is 0.387 e. The third-order valence-electron chi connectivity index (χ3n) is 1.22. The van der Waals surface area contributed by atoms with Crippen LogP contribution < -0.4 is 5.32 Å². The molecule has 0 bridgehead atoms. The smallest absolute Gasteiger partial charge is 0.139 e. The lowest BCUT2D eigenvalue weighted by Crippen LogP contribution is -1.90. The fourth-order valence-corrected chi connectivity index (χ4v) is 1.16. The Morgan fingerprint density at radius 3 is 2.70 bits per heavy atom. The molecule has 0 radical (unpaired) electrons. The molecule has 3 heteroatoms. The van der Waals surface area contributed by atoms with Crippen molar-refractivity contribution in [2.75, 3.05) is 12.4 Å². The van der Waals surface area contributed by atoms with Gasteiger partial charge in [-0.1, -0.05) is 6.07 Å². The summed E-state index contributed by atoms with van der Waals surface area (Å²) in [5.41, 5.74) is 0.764. The van der Waals surface area contributed by atoms with Gasteiger partial charge in [-0.2, -0.15) is 0 Å². The summed E-state index contributed by atoms with van der Waals surface area (Å²) < 4.78 is 13.2. The highest BCUT2D eigenvalue weighted by molar-refractivity contribution is 9.10. The second kappa shape index (κ2) is 3.01. The van der Waals surface area contributed by atoms with Crippen LogP contribution in [-0.2, 0) is 0 Å². The predicted molar refractivity (Wildman–Crippen MR) is 43.6 cm³/mol. The Hall–Kier alpha value is -0.570. The fourth-order valence-electron chi connectivity index (χ4n) is 0.697. The monoisotopic (exact) mass is 203 g/mol. The minimum atomic E-state index is -0.244. The zero-order chi connectivity index (χ0) is 7.56. The van der Waals surface area contributed by atoms with Gasteiger partial charge in [0.05, 0.1) is 10.2 Å². The topological polar surface area (TPSA) is 12.0 Å². The first-order valence-corrected chi connectivity index (χ1v) is 3.66. The zero-order valence-corrected chi connectivity index (χ0v) is 7.07. The van der Waals surface area contributed by atoms with Crippen LogP contribution in [-0.4, -0.2) is 7.05 Å². The summed E-state index contributed by atoms with van der Waals surface area (Å²) in [7, 11) is 1.75. The van der Waals surface area contributed by atoms with Gasteiger partial charge in [0.15, 0.2) is 0 Å². The van der Waals surface area contributed by atoms with Crippen molar-refractivity contribution in [1.29, 1.82) is 0 Å². The normalized spacial score (nSPS) is 9.50. The standard InChI is InChI=1S/C7H7BrFN/c1-10-6-4-2-3-5(9)7(6)8/h2-4,10H,1H3. The van der Waals surface area contributed by atoms with Gasteiger partial charge in [-0.25, -0.2) is 4.39 Å². The van der Waals surface area contributed by atoms with Crippen molar-refractivity contribution in [1.82, 2.24) is 0 Å². The molecule has 0 saturated carbocycles. The number of hydrogen-bond acceptors (Lipinski definition) is 1. The molecule has 0 saturated heterocycles. The van der Waals surface area contributed by atoms with Gasteiger partial charge in [-0.05, 0) is 28.1 Å². The number of nitrogens with one attached hydrogen (secondary N) is 1. The van der Waals surface area contributed by atoms with Crippen molar-refractivity contribution in [3.05, 3.63) is 28.5 Å². The first kappa shape index (κ1) is 7.54. The van der Waals surface area contributed by atoms with E-state index in [2.05, 4.69) is 21.2 Å². The molecule has 0 aromatic heterocycles. The van der Waals surface area contributed by atoms with Crippen LogP contribution in [0.15, 0.2) is 22.7 Å². The molecule has 0 aliphatic rings. The molecule has 1 aromatic carbocycles. The van der Waals surface area contributed by atoms with Crippen molar-refractivity contribution in [3.63, 3.8) is 0 Å². The van der Waals surface area contributed by atoms with Gasteiger partial charge in [0.25, 0.3) is 0 Å². The third kappa shape index (κ3) is 1.29. The second-order valence-electron chi connectivity index (χ2n) is 1.85. The number of rotatable bonds is 1. The molecule has 10 heavy (non-hydrogen) atoms. The molecule has 1 rings (SSSR count). The Morgan fingerprint density at radius 2 is 2.20 bits per heavy atom. The van der Waals surface area contributed by atoms with Gasteiger partial charge in [-0.3, -0.25) is 0 Å². The predicted octanol–water partition coefficient (Wildman–Crippen LogP) is 2.63. The quantitative estimate of drug-likeness (QED) is 0.741. The molecular weight excluding hydrogens is 197 g/mol. The van der Waals surface area contributed by atoms with Crippen LogP contribution in [0.3, 0.4) is 0 Å². The highest BCUT2D eigenvalue weighted by Crippen LogP contribution is 2.24. The van der Waals surface area contributed by atoms with E-state index in [0.717, 1.165) is 5.69 Å². The Labute approximate surface area is 67.4 Å². The Balaban J connectivity index is 3.14. The highest BCUT2D eigenvalue weighted by atomic mass is 79.9. The molecule has 0 fully saturated rings. The molecule has 0 unspecified atom stereocenters. The van der Waals surface area contributed by atoms with Gasteiger partial charge in [0.2, 0.25) is 0 Å². The second-order valence-corrected chi connectivity index (χ2v) is 2.64. The molecule has 1 N–H and O–H groups in total. The van der Waals surface area contributed by atoms with E-state index >= 15 is 0 Å². The lowest BCUT2D eigenvalue weighted by atomic mass is 10.3. The van der Waals surface area contributed by atoms with E-state index in [4.69, 9.17) is 0 Å². The van der Waals surface area contributed by atoms with E-state index < -0.39 is 0 Å². The Bertz CT molecular complexity index is 237.